The van der Waals surface area contributed by atoms with Gasteiger partial charge in [-0.25, -0.2) is 0 Å². The Hall–Kier alpha value is -2.28. The lowest BCUT2D eigenvalue weighted by atomic mass is 9.99. The normalized spacial score (nSPS) is 18.0. The van der Waals surface area contributed by atoms with Crippen molar-refractivity contribution in [3.63, 3.8) is 0 Å². The molecule has 1 atom stereocenters. The molecule has 1 unspecified atom stereocenters. The van der Waals surface area contributed by atoms with Crippen LogP contribution < -0.4 is 5.32 Å². The van der Waals surface area contributed by atoms with E-state index in [1.54, 1.807) is 0 Å². The SMILES string of the molecule is C1=CC(c2ccccc2)NC=C1c1ccccc1. The number of hydrogen-bond acceptors (Lipinski definition) is 1. The summed E-state index contributed by atoms with van der Waals surface area (Å²) in [4.78, 5) is 0. The van der Waals surface area contributed by atoms with Crippen LogP contribution in [0.25, 0.3) is 5.57 Å². The maximum Gasteiger partial charge on any atom is 0.0696 e. The molecule has 2 aromatic carbocycles. The Balaban J connectivity index is 1.79. The molecule has 0 amide bonds. The van der Waals surface area contributed by atoms with Crippen LogP contribution in [-0.4, -0.2) is 0 Å². The Labute approximate surface area is 107 Å². The highest BCUT2D eigenvalue weighted by atomic mass is 14.9. The molecule has 1 aliphatic heterocycles. The molecule has 1 N–H and O–H groups in total. The molecule has 0 saturated carbocycles. The molecular formula is C17H15N. The standard InChI is InChI=1S/C17H15N/c1-3-7-14(8-4-1)16-11-12-17(18-13-16)15-9-5-2-6-10-15/h1-13,17-18H. The summed E-state index contributed by atoms with van der Waals surface area (Å²) in [6.07, 6.45) is 6.48. The molecule has 0 radical (unpaired) electrons. The molecule has 0 aliphatic carbocycles. The van der Waals surface area contributed by atoms with Gasteiger partial charge in [-0.15, -0.1) is 0 Å². The lowest BCUT2D eigenvalue weighted by Crippen LogP contribution is -2.16. The van der Waals surface area contributed by atoms with E-state index in [1.165, 1.54) is 16.7 Å². The van der Waals surface area contributed by atoms with Crippen LogP contribution in [0.5, 0.6) is 0 Å². The number of rotatable bonds is 2. The average molecular weight is 233 g/mol. The number of allylic oxidation sites excluding steroid dienone is 2. The van der Waals surface area contributed by atoms with Gasteiger partial charge in [0, 0.05) is 6.20 Å². The first kappa shape index (κ1) is 10.8. The second-order valence-corrected chi connectivity index (χ2v) is 4.38. The van der Waals surface area contributed by atoms with E-state index >= 15 is 0 Å². The highest BCUT2D eigenvalue weighted by molar-refractivity contribution is 5.74. The molecule has 0 aromatic heterocycles. The van der Waals surface area contributed by atoms with E-state index in [0.29, 0.717) is 0 Å². The minimum Gasteiger partial charge on any atom is -0.380 e. The molecule has 1 heterocycles. The summed E-state index contributed by atoms with van der Waals surface area (Å²) in [5, 5.41) is 3.44. The summed E-state index contributed by atoms with van der Waals surface area (Å²) < 4.78 is 0. The van der Waals surface area contributed by atoms with E-state index in [-0.39, 0.29) is 6.04 Å². The predicted molar refractivity (Wildman–Crippen MR) is 75.9 cm³/mol. The average Bonchev–Trinajstić information content (AvgIpc) is 2.49. The topological polar surface area (TPSA) is 12.0 Å². The zero-order valence-corrected chi connectivity index (χ0v) is 10.1. The third-order valence-corrected chi connectivity index (χ3v) is 3.15. The van der Waals surface area contributed by atoms with E-state index in [4.69, 9.17) is 0 Å². The van der Waals surface area contributed by atoms with Crippen molar-refractivity contribution in [1.82, 2.24) is 5.32 Å². The van der Waals surface area contributed by atoms with E-state index in [1.807, 2.05) is 12.1 Å². The van der Waals surface area contributed by atoms with Crippen molar-refractivity contribution >= 4 is 5.57 Å². The Bertz CT molecular complexity index is 567. The maximum absolute atomic E-state index is 3.44. The van der Waals surface area contributed by atoms with E-state index in [9.17, 15) is 0 Å². The molecule has 2 aromatic rings. The van der Waals surface area contributed by atoms with Crippen molar-refractivity contribution in [3.05, 3.63) is 90.1 Å². The first-order valence-corrected chi connectivity index (χ1v) is 6.18. The van der Waals surface area contributed by atoms with Gasteiger partial charge < -0.3 is 5.32 Å². The lowest BCUT2D eigenvalue weighted by Gasteiger charge is -2.19. The Morgan fingerprint density at radius 3 is 2.06 bits per heavy atom. The van der Waals surface area contributed by atoms with Crippen LogP contribution in [0, 0.1) is 0 Å². The molecule has 0 saturated heterocycles. The number of benzene rings is 2. The Morgan fingerprint density at radius 2 is 1.44 bits per heavy atom. The number of hydrogen-bond donors (Lipinski definition) is 1. The van der Waals surface area contributed by atoms with Crippen LogP contribution in [0.3, 0.4) is 0 Å². The van der Waals surface area contributed by atoms with Gasteiger partial charge in [0.1, 0.15) is 0 Å². The zero-order chi connectivity index (χ0) is 12.2. The minimum absolute atomic E-state index is 0.277. The fraction of sp³-hybridized carbons (Fsp3) is 0.0588. The molecule has 88 valence electrons. The van der Waals surface area contributed by atoms with Crippen LogP contribution in [0.2, 0.25) is 0 Å². The summed E-state index contributed by atoms with van der Waals surface area (Å²) in [6.45, 7) is 0. The smallest absolute Gasteiger partial charge is 0.0696 e. The van der Waals surface area contributed by atoms with Gasteiger partial charge >= 0.3 is 0 Å². The van der Waals surface area contributed by atoms with Gasteiger partial charge in [-0.1, -0.05) is 72.8 Å². The van der Waals surface area contributed by atoms with Crippen LogP contribution >= 0.6 is 0 Å². The largest absolute Gasteiger partial charge is 0.380 e. The quantitative estimate of drug-likeness (QED) is 0.828. The zero-order valence-electron chi connectivity index (χ0n) is 10.1. The first-order valence-electron chi connectivity index (χ1n) is 6.18. The predicted octanol–water partition coefficient (Wildman–Crippen LogP) is 3.93. The summed E-state index contributed by atoms with van der Waals surface area (Å²) in [6, 6.07) is 21.2. The molecule has 1 nitrogen and oxygen atoms in total. The van der Waals surface area contributed by atoms with Gasteiger partial charge in [0.2, 0.25) is 0 Å². The molecule has 0 fully saturated rings. The fourth-order valence-electron chi connectivity index (χ4n) is 2.16. The van der Waals surface area contributed by atoms with Crippen LogP contribution in [0.1, 0.15) is 17.2 Å². The van der Waals surface area contributed by atoms with Gasteiger partial charge in [0.05, 0.1) is 6.04 Å². The summed E-state index contributed by atoms with van der Waals surface area (Å²) in [5.41, 5.74) is 3.76. The first-order chi connectivity index (χ1) is 8.93. The monoisotopic (exact) mass is 233 g/mol. The van der Waals surface area contributed by atoms with Gasteiger partial charge in [-0.2, -0.15) is 0 Å². The summed E-state index contributed by atoms with van der Waals surface area (Å²) in [5.74, 6) is 0. The van der Waals surface area contributed by atoms with Gasteiger partial charge in [0.25, 0.3) is 0 Å². The molecule has 0 spiro atoms. The second kappa shape index (κ2) is 4.92. The molecule has 1 heteroatoms. The van der Waals surface area contributed by atoms with Gasteiger partial charge in [-0.3, -0.25) is 0 Å². The lowest BCUT2D eigenvalue weighted by molar-refractivity contribution is 0.749. The van der Waals surface area contributed by atoms with E-state index in [0.717, 1.165) is 0 Å². The maximum atomic E-state index is 3.44. The van der Waals surface area contributed by atoms with Gasteiger partial charge in [-0.05, 0) is 16.7 Å². The Kier molecular flexibility index (Phi) is 2.97. The third kappa shape index (κ3) is 2.21. The van der Waals surface area contributed by atoms with Crippen LogP contribution in [0.15, 0.2) is 79.0 Å². The van der Waals surface area contributed by atoms with Crippen molar-refractivity contribution in [3.8, 4) is 0 Å². The summed E-state index contributed by atoms with van der Waals surface area (Å²) in [7, 11) is 0. The third-order valence-electron chi connectivity index (χ3n) is 3.15. The van der Waals surface area contributed by atoms with Crippen LogP contribution in [0.4, 0.5) is 0 Å². The molecule has 1 aliphatic rings. The van der Waals surface area contributed by atoms with E-state index < -0.39 is 0 Å². The van der Waals surface area contributed by atoms with Crippen molar-refractivity contribution < 1.29 is 0 Å². The molecule has 3 rings (SSSR count). The van der Waals surface area contributed by atoms with Gasteiger partial charge in [0.15, 0.2) is 0 Å². The Morgan fingerprint density at radius 1 is 0.778 bits per heavy atom. The van der Waals surface area contributed by atoms with E-state index in [2.05, 4.69) is 72.2 Å². The molecular weight excluding hydrogens is 218 g/mol. The summed E-state index contributed by atoms with van der Waals surface area (Å²) >= 11 is 0. The number of dihydropyridines is 1. The molecule has 18 heavy (non-hydrogen) atoms. The number of nitrogens with one attached hydrogen (secondary N) is 1. The highest BCUT2D eigenvalue weighted by Gasteiger charge is 2.10. The minimum atomic E-state index is 0.277. The fourth-order valence-corrected chi connectivity index (χ4v) is 2.16. The highest BCUT2D eigenvalue weighted by Crippen LogP contribution is 2.23. The van der Waals surface area contributed by atoms with Crippen molar-refractivity contribution in [1.29, 1.82) is 0 Å². The van der Waals surface area contributed by atoms with Crippen molar-refractivity contribution in [2.24, 2.45) is 0 Å². The van der Waals surface area contributed by atoms with Crippen molar-refractivity contribution in [2.45, 2.75) is 6.04 Å². The van der Waals surface area contributed by atoms with Crippen LogP contribution in [-0.2, 0) is 0 Å². The second-order valence-electron chi connectivity index (χ2n) is 4.38. The molecule has 0 bridgehead atoms. The van der Waals surface area contributed by atoms with Crippen molar-refractivity contribution in [2.75, 3.05) is 0 Å².